The molecule has 0 bridgehead atoms. The van der Waals surface area contributed by atoms with Crippen LogP contribution < -0.4 is 10.6 Å². The van der Waals surface area contributed by atoms with E-state index in [1.807, 2.05) is 48.5 Å². The van der Waals surface area contributed by atoms with Crippen molar-refractivity contribution in [3.63, 3.8) is 0 Å². The van der Waals surface area contributed by atoms with Gasteiger partial charge in [-0.25, -0.2) is 4.79 Å². The third-order valence-corrected chi connectivity index (χ3v) is 3.33. The van der Waals surface area contributed by atoms with Crippen molar-refractivity contribution in [2.75, 3.05) is 12.4 Å². The molecule has 120 valence electrons. The number of ether oxygens (including phenoxy) is 1. The number of hydrogen-bond donors (Lipinski definition) is 2. The number of benzene rings is 2. The quantitative estimate of drug-likeness (QED) is 0.806. The Balaban J connectivity index is 1.98. The molecule has 0 aromatic heterocycles. The monoisotopic (exact) mass is 312 g/mol. The van der Waals surface area contributed by atoms with Gasteiger partial charge in [0.15, 0.2) is 0 Å². The number of methoxy groups -OCH3 is 1. The molecule has 23 heavy (non-hydrogen) atoms. The van der Waals surface area contributed by atoms with Gasteiger partial charge in [0.2, 0.25) is 0 Å². The van der Waals surface area contributed by atoms with E-state index in [1.54, 1.807) is 12.1 Å². The van der Waals surface area contributed by atoms with E-state index in [4.69, 9.17) is 4.74 Å². The Morgan fingerprint density at radius 2 is 1.61 bits per heavy atom. The number of urea groups is 1. The maximum Gasteiger partial charge on any atom is 0.319 e. The van der Waals surface area contributed by atoms with Crippen LogP contribution in [0.25, 0.3) is 0 Å². The van der Waals surface area contributed by atoms with E-state index >= 15 is 0 Å². The van der Waals surface area contributed by atoms with Gasteiger partial charge < -0.3 is 15.4 Å². The zero-order valence-corrected chi connectivity index (χ0v) is 13.0. The van der Waals surface area contributed by atoms with Crippen LogP contribution in [-0.2, 0) is 16.0 Å². The SMILES string of the molecule is COC(=O)C[C@H](Cc1ccccc1)NC(=O)Nc1ccccc1. The summed E-state index contributed by atoms with van der Waals surface area (Å²) in [6, 6.07) is 18.2. The van der Waals surface area contributed by atoms with Gasteiger partial charge in [-0.2, -0.15) is 0 Å². The Bertz CT molecular complexity index is 629. The largest absolute Gasteiger partial charge is 0.469 e. The van der Waals surface area contributed by atoms with E-state index in [0.29, 0.717) is 12.1 Å². The molecule has 5 nitrogen and oxygen atoms in total. The van der Waals surface area contributed by atoms with Gasteiger partial charge in [0.1, 0.15) is 0 Å². The van der Waals surface area contributed by atoms with Crippen molar-refractivity contribution in [3.8, 4) is 0 Å². The molecule has 2 N–H and O–H groups in total. The van der Waals surface area contributed by atoms with Gasteiger partial charge in [-0.1, -0.05) is 48.5 Å². The molecule has 0 heterocycles. The molecule has 2 rings (SSSR count). The third-order valence-electron chi connectivity index (χ3n) is 3.33. The Morgan fingerprint density at radius 3 is 2.22 bits per heavy atom. The minimum atomic E-state index is -0.356. The summed E-state index contributed by atoms with van der Waals surface area (Å²) in [5.74, 6) is -0.356. The normalized spacial score (nSPS) is 11.3. The van der Waals surface area contributed by atoms with Crippen molar-refractivity contribution < 1.29 is 14.3 Å². The Morgan fingerprint density at radius 1 is 1.00 bits per heavy atom. The van der Waals surface area contributed by atoms with Crippen molar-refractivity contribution in [1.29, 1.82) is 0 Å². The summed E-state index contributed by atoms with van der Waals surface area (Å²) in [4.78, 5) is 23.7. The molecule has 0 saturated carbocycles. The first-order valence-electron chi connectivity index (χ1n) is 7.40. The maximum absolute atomic E-state index is 12.1. The Labute approximate surface area is 135 Å². The smallest absolute Gasteiger partial charge is 0.319 e. The minimum absolute atomic E-state index is 0.119. The molecule has 2 amide bonds. The molecule has 2 aromatic rings. The van der Waals surface area contributed by atoms with Gasteiger partial charge in [-0.05, 0) is 24.1 Å². The van der Waals surface area contributed by atoms with Crippen molar-refractivity contribution in [2.24, 2.45) is 0 Å². The molecule has 0 aliphatic rings. The number of rotatable bonds is 6. The maximum atomic E-state index is 12.1. The average Bonchev–Trinajstić information content (AvgIpc) is 2.56. The molecular weight excluding hydrogens is 292 g/mol. The number of carbonyl (C=O) groups excluding carboxylic acids is 2. The van der Waals surface area contributed by atoms with Crippen molar-refractivity contribution in [1.82, 2.24) is 5.32 Å². The summed E-state index contributed by atoms with van der Waals surface area (Å²) in [6.45, 7) is 0. The van der Waals surface area contributed by atoms with E-state index in [2.05, 4.69) is 10.6 Å². The molecule has 5 heteroatoms. The van der Waals surface area contributed by atoms with Crippen LogP contribution in [0.2, 0.25) is 0 Å². The predicted molar refractivity (Wildman–Crippen MR) is 89.2 cm³/mol. The molecule has 0 aliphatic heterocycles. The highest BCUT2D eigenvalue weighted by molar-refractivity contribution is 5.89. The van der Waals surface area contributed by atoms with E-state index in [0.717, 1.165) is 5.56 Å². The zero-order valence-electron chi connectivity index (χ0n) is 13.0. The number of esters is 1. The second-order valence-corrected chi connectivity index (χ2v) is 5.13. The first kappa shape index (κ1) is 16.5. The van der Waals surface area contributed by atoms with Crippen LogP contribution in [-0.4, -0.2) is 25.2 Å². The highest BCUT2D eigenvalue weighted by Crippen LogP contribution is 2.08. The van der Waals surface area contributed by atoms with E-state index < -0.39 is 0 Å². The first-order valence-corrected chi connectivity index (χ1v) is 7.40. The number of anilines is 1. The standard InChI is InChI=1S/C18H20N2O3/c1-23-17(21)13-16(12-14-8-4-2-5-9-14)20-18(22)19-15-10-6-3-7-11-15/h2-11,16H,12-13H2,1H3,(H2,19,20,22)/t16-/m0/s1. The second-order valence-electron chi connectivity index (χ2n) is 5.13. The number of carbonyl (C=O) groups is 2. The highest BCUT2D eigenvalue weighted by Gasteiger charge is 2.17. The topological polar surface area (TPSA) is 67.4 Å². The predicted octanol–water partition coefficient (Wildman–Crippen LogP) is 2.98. The van der Waals surface area contributed by atoms with E-state index in [-0.39, 0.29) is 24.5 Å². The van der Waals surface area contributed by atoms with Crippen LogP contribution >= 0.6 is 0 Å². The second kappa shape index (κ2) is 8.58. The molecule has 1 atom stereocenters. The summed E-state index contributed by atoms with van der Waals surface area (Å²) >= 11 is 0. The number of para-hydroxylation sites is 1. The van der Waals surface area contributed by atoms with Crippen LogP contribution in [0.1, 0.15) is 12.0 Å². The van der Waals surface area contributed by atoms with E-state index in [1.165, 1.54) is 7.11 Å². The van der Waals surface area contributed by atoms with Gasteiger partial charge in [-0.3, -0.25) is 4.79 Å². The zero-order chi connectivity index (χ0) is 16.5. The van der Waals surface area contributed by atoms with Crippen LogP contribution in [0.3, 0.4) is 0 Å². The minimum Gasteiger partial charge on any atom is -0.469 e. The summed E-state index contributed by atoms with van der Waals surface area (Å²) in [7, 11) is 1.34. The summed E-state index contributed by atoms with van der Waals surface area (Å²) in [5, 5.41) is 5.58. The fourth-order valence-electron chi connectivity index (χ4n) is 2.23. The molecule has 0 aliphatic carbocycles. The average molecular weight is 312 g/mol. The summed E-state index contributed by atoms with van der Waals surface area (Å²) < 4.78 is 4.71. The number of hydrogen-bond acceptors (Lipinski definition) is 3. The van der Waals surface area contributed by atoms with Gasteiger partial charge in [0.25, 0.3) is 0 Å². The molecule has 0 spiro atoms. The van der Waals surface area contributed by atoms with E-state index in [9.17, 15) is 9.59 Å². The lowest BCUT2D eigenvalue weighted by molar-refractivity contribution is -0.141. The lowest BCUT2D eigenvalue weighted by Crippen LogP contribution is -2.40. The van der Waals surface area contributed by atoms with Crippen LogP contribution in [0.15, 0.2) is 60.7 Å². The van der Waals surface area contributed by atoms with Crippen LogP contribution in [0.5, 0.6) is 0 Å². The number of nitrogens with one attached hydrogen (secondary N) is 2. The first-order chi connectivity index (χ1) is 11.2. The molecule has 2 aromatic carbocycles. The molecule has 0 saturated heterocycles. The summed E-state index contributed by atoms with van der Waals surface area (Å²) in [6.07, 6.45) is 0.672. The van der Waals surface area contributed by atoms with Gasteiger partial charge in [0, 0.05) is 11.7 Å². The van der Waals surface area contributed by atoms with Gasteiger partial charge in [-0.15, -0.1) is 0 Å². The van der Waals surface area contributed by atoms with Gasteiger partial charge >= 0.3 is 12.0 Å². The molecule has 0 fully saturated rings. The van der Waals surface area contributed by atoms with Crippen molar-refractivity contribution >= 4 is 17.7 Å². The lowest BCUT2D eigenvalue weighted by Gasteiger charge is -2.18. The van der Waals surface area contributed by atoms with Crippen molar-refractivity contribution in [2.45, 2.75) is 18.9 Å². The Kier molecular flexibility index (Phi) is 6.17. The summed E-state index contributed by atoms with van der Waals surface area (Å²) in [5.41, 5.74) is 1.74. The molecular formula is C18H20N2O3. The molecule has 0 radical (unpaired) electrons. The fraction of sp³-hybridized carbons (Fsp3) is 0.222. The lowest BCUT2D eigenvalue weighted by atomic mass is 10.0. The van der Waals surface area contributed by atoms with Crippen molar-refractivity contribution in [3.05, 3.63) is 66.2 Å². The van der Waals surface area contributed by atoms with Crippen LogP contribution in [0.4, 0.5) is 10.5 Å². The van der Waals surface area contributed by atoms with Gasteiger partial charge in [0.05, 0.1) is 13.5 Å². The number of amides is 2. The van der Waals surface area contributed by atoms with Crippen LogP contribution in [0, 0.1) is 0 Å². The Hall–Kier alpha value is -2.82. The highest BCUT2D eigenvalue weighted by atomic mass is 16.5. The molecule has 0 unspecified atom stereocenters. The third kappa shape index (κ3) is 5.82. The fourth-order valence-corrected chi connectivity index (χ4v) is 2.23.